The van der Waals surface area contributed by atoms with E-state index in [0.29, 0.717) is 23.5 Å². The van der Waals surface area contributed by atoms with Gasteiger partial charge in [0.2, 0.25) is 23.6 Å². The van der Waals surface area contributed by atoms with Crippen LogP contribution in [0.4, 0.5) is 15.3 Å². The number of ether oxygens (including phenoxy) is 1. The SMILES string of the molecule is C[C@@H](C(=O)N[C@@H](Cc1ccc(NC(=O)c2ccc(C(=O)NC3CC(C(=O)N[C@@H]4CCCc5ccccc54)N(C(=O)O)C3)cc2)cc1)C(=O)N1C[Si](C)(C)C[C@H]1C(=O)N[C@@H]1CCCc2ccccc21)N(C)C(=O)OC(C)(C)C. The number of hydrogen-bond acceptors (Lipinski definition) is 9. The van der Waals surface area contributed by atoms with Gasteiger partial charge in [-0.05, 0) is 143 Å². The van der Waals surface area contributed by atoms with E-state index < -0.39 is 85.6 Å². The molecule has 4 aromatic rings. The molecule has 2 saturated heterocycles. The van der Waals surface area contributed by atoms with Crippen molar-refractivity contribution in [2.45, 2.75) is 146 Å². The van der Waals surface area contributed by atoms with Crippen LogP contribution in [0.15, 0.2) is 97.1 Å². The van der Waals surface area contributed by atoms with Crippen LogP contribution in [0.2, 0.25) is 19.1 Å². The summed E-state index contributed by atoms with van der Waals surface area (Å²) in [4.78, 5) is 113. The van der Waals surface area contributed by atoms with Crippen molar-refractivity contribution >= 4 is 61.4 Å². The molecule has 19 heteroatoms. The van der Waals surface area contributed by atoms with Gasteiger partial charge in [-0.15, -0.1) is 0 Å². The predicted molar refractivity (Wildman–Crippen MR) is 293 cm³/mol. The third-order valence-corrected chi connectivity index (χ3v) is 17.9. The Morgan fingerprint density at radius 3 is 1.83 bits per heavy atom. The smallest absolute Gasteiger partial charge is 0.410 e. The number of nitrogens with one attached hydrogen (secondary N) is 5. The molecule has 2 aliphatic heterocycles. The highest BCUT2D eigenvalue weighted by atomic mass is 28.3. The second-order valence-corrected chi connectivity index (χ2v) is 27.8. The van der Waals surface area contributed by atoms with Gasteiger partial charge in [0, 0.05) is 49.0 Å². The minimum absolute atomic E-state index is 0.0343. The standard InChI is InChI=1S/C58H72N8O10Si/c1-35(64(5)57(75)76-58(2,3)4)50(67)63-47(55(72)66-34-77(6,7)33-49(66)54(71)62-46-21-13-17-38-15-9-11-19-44(38)46)30-36-22-28-41(29-23-36)59-51(68)39-24-26-40(27-25-39)52(69)60-42-31-48(65(32-42)56(73)74)53(70)61-45-20-12-16-37-14-8-10-18-43(37)45/h8-11,14-15,18-19,22-29,35,42,45-49H,12-13,16-17,20-21,30-34H2,1-7H3,(H,59,68)(H,60,69)(H,61,70)(H,62,71)(H,63,67)(H,73,74)/t35-,42?,45+,46+,47-,48?,49-/m0/s1. The maximum atomic E-state index is 14.9. The Balaban J connectivity index is 0.909. The van der Waals surface area contributed by atoms with Gasteiger partial charge in [-0.3, -0.25) is 38.6 Å². The van der Waals surface area contributed by atoms with E-state index in [2.05, 4.69) is 45.7 Å². The topological polar surface area (TPSA) is 236 Å². The number of anilines is 1. The normalized spacial score (nSPS) is 21.3. The molecule has 408 valence electrons. The Morgan fingerprint density at radius 2 is 1.27 bits per heavy atom. The second-order valence-electron chi connectivity index (χ2n) is 22.8. The summed E-state index contributed by atoms with van der Waals surface area (Å²) in [5, 5.41) is 25.0. The number of rotatable bonds is 14. The van der Waals surface area contributed by atoms with Crippen molar-refractivity contribution in [3.05, 3.63) is 136 Å². The molecule has 2 fully saturated rings. The highest BCUT2D eigenvalue weighted by Gasteiger charge is 2.47. The number of likely N-dealkylation sites (tertiary alicyclic amines) is 1. The highest BCUT2D eigenvalue weighted by molar-refractivity contribution is 6.79. The van der Waals surface area contributed by atoms with Crippen molar-refractivity contribution in [3.63, 3.8) is 0 Å². The Hall–Kier alpha value is -7.54. The number of amides is 8. The number of aryl methyl sites for hydroxylation is 2. The lowest BCUT2D eigenvalue weighted by Gasteiger charge is -2.33. The monoisotopic (exact) mass is 1070 g/mol. The van der Waals surface area contributed by atoms with Gasteiger partial charge in [-0.2, -0.15) is 0 Å². The van der Waals surface area contributed by atoms with E-state index >= 15 is 0 Å². The number of benzene rings is 4. The molecule has 4 aliphatic rings. The van der Waals surface area contributed by atoms with Crippen molar-refractivity contribution in [1.29, 1.82) is 0 Å². The van der Waals surface area contributed by atoms with Crippen molar-refractivity contribution in [3.8, 4) is 0 Å². The number of carbonyl (C=O) groups excluding carboxylic acids is 7. The Morgan fingerprint density at radius 1 is 0.727 bits per heavy atom. The zero-order valence-electron chi connectivity index (χ0n) is 45.0. The van der Waals surface area contributed by atoms with Gasteiger partial charge in [-0.25, -0.2) is 9.59 Å². The quantitative estimate of drug-likeness (QED) is 0.0714. The van der Waals surface area contributed by atoms with Gasteiger partial charge in [0.15, 0.2) is 0 Å². The zero-order valence-corrected chi connectivity index (χ0v) is 46.0. The summed E-state index contributed by atoms with van der Waals surface area (Å²) < 4.78 is 5.51. The molecule has 4 aromatic carbocycles. The fourth-order valence-corrected chi connectivity index (χ4v) is 13.9. The molecule has 8 rings (SSSR count). The lowest BCUT2D eigenvalue weighted by atomic mass is 9.87. The van der Waals surface area contributed by atoms with Gasteiger partial charge < -0.3 is 41.3 Å². The number of likely N-dealkylation sites (N-methyl/N-ethyl adjacent to an activating group) is 1. The molecular weight excluding hydrogens is 997 g/mol. The predicted octanol–water partition coefficient (Wildman–Crippen LogP) is 6.92. The van der Waals surface area contributed by atoms with Gasteiger partial charge in [0.05, 0.1) is 20.2 Å². The van der Waals surface area contributed by atoms with E-state index in [1.165, 1.54) is 41.8 Å². The molecule has 0 aromatic heterocycles. The van der Waals surface area contributed by atoms with E-state index in [1.807, 2.05) is 42.5 Å². The fourth-order valence-electron chi connectivity index (χ4n) is 11.0. The number of carbonyl (C=O) groups is 8. The molecule has 6 N–H and O–H groups in total. The number of nitrogens with zero attached hydrogens (tertiary/aromatic N) is 3. The van der Waals surface area contributed by atoms with Crippen molar-refractivity contribution in [2.75, 3.05) is 25.1 Å². The maximum absolute atomic E-state index is 14.9. The minimum atomic E-state index is -2.11. The first kappa shape index (κ1) is 55.7. The second kappa shape index (κ2) is 23.4. The summed E-state index contributed by atoms with van der Waals surface area (Å²) in [5.41, 5.74) is 5.25. The zero-order chi connectivity index (χ0) is 55.3. The average Bonchev–Trinajstić information content (AvgIpc) is 3.99. The third-order valence-electron chi connectivity index (χ3n) is 15.2. The van der Waals surface area contributed by atoms with Gasteiger partial charge >= 0.3 is 12.2 Å². The number of fused-ring (bicyclic) bond motifs is 2. The van der Waals surface area contributed by atoms with E-state index in [-0.39, 0.29) is 48.5 Å². The molecule has 0 radical (unpaired) electrons. The van der Waals surface area contributed by atoms with Crippen LogP contribution in [0.5, 0.6) is 0 Å². The molecule has 2 unspecified atom stereocenters. The Bertz CT molecular complexity index is 2890. The van der Waals surface area contributed by atoms with Crippen LogP contribution < -0.4 is 26.6 Å². The van der Waals surface area contributed by atoms with Gasteiger partial charge in [0.1, 0.15) is 29.8 Å². The highest BCUT2D eigenvalue weighted by Crippen LogP contribution is 2.34. The van der Waals surface area contributed by atoms with Gasteiger partial charge in [-0.1, -0.05) is 73.8 Å². The molecule has 18 nitrogen and oxygen atoms in total. The molecule has 2 aliphatic carbocycles. The molecule has 8 amide bonds. The fraction of sp³-hybridized carbons (Fsp3) is 0.448. The molecule has 77 heavy (non-hydrogen) atoms. The molecule has 7 atom stereocenters. The van der Waals surface area contributed by atoms with Crippen LogP contribution in [-0.4, -0.2) is 131 Å². The lowest BCUT2D eigenvalue weighted by Crippen LogP contribution is -2.57. The Kier molecular flexibility index (Phi) is 16.9. The largest absolute Gasteiger partial charge is 0.465 e. The van der Waals surface area contributed by atoms with Crippen LogP contribution in [0.25, 0.3) is 0 Å². The van der Waals surface area contributed by atoms with E-state index in [4.69, 9.17) is 4.74 Å². The average molecular weight is 1070 g/mol. The number of carboxylic acid groups (broad SMARTS) is 1. The van der Waals surface area contributed by atoms with Crippen LogP contribution >= 0.6 is 0 Å². The van der Waals surface area contributed by atoms with Gasteiger partial charge in [0.25, 0.3) is 11.8 Å². The number of hydrogen-bond donors (Lipinski definition) is 6. The van der Waals surface area contributed by atoms with E-state index in [9.17, 15) is 43.5 Å². The maximum Gasteiger partial charge on any atom is 0.410 e. The van der Waals surface area contributed by atoms with E-state index in [1.54, 1.807) is 56.9 Å². The summed E-state index contributed by atoms with van der Waals surface area (Å²) in [6, 6.07) is 24.4. The van der Waals surface area contributed by atoms with Crippen LogP contribution in [0.3, 0.4) is 0 Å². The van der Waals surface area contributed by atoms with Crippen molar-refractivity contribution in [2.24, 2.45) is 0 Å². The lowest BCUT2D eigenvalue weighted by molar-refractivity contribution is -0.141. The molecular formula is C58H72N8O10Si. The van der Waals surface area contributed by atoms with Crippen LogP contribution in [-0.2, 0) is 43.2 Å². The first-order valence-corrected chi connectivity index (χ1v) is 30.1. The summed E-state index contributed by atoms with van der Waals surface area (Å²) >= 11 is 0. The van der Waals surface area contributed by atoms with E-state index in [0.717, 1.165) is 60.1 Å². The summed E-state index contributed by atoms with van der Waals surface area (Å²) in [6.45, 7) is 10.9. The van der Waals surface area contributed by atoms with Crippen molar-refractivity contribution in [1.82, 2.24) is 36.0 Å². The summed E-state index contributed by atoms with van der Waals surface area (Å²) in [5.74, 6) is -2.58. The van der Waals surface area contributed by atoms with Crippen molar-refractivity contribution < 1.29 is 48.2 Å². The minimum Gasteiger partial charge on any atom is -0.465 e. The summed E-state index contributed by atoms with van der Waals surface area (Å²) in [7, 11) is -0.653. The molecule has 0 bridgehead atoms. The third kappa shape index (κ3) is 13.5. The molecule has 0 saturated carbocycles. The summed E-state index contributed by atoms with van der Waals surface area (Å²) in [6.07, 6.45) is 3.80. The first-order chi connectivity index (χ1) is 36.5. The molecule has 0 spiro atoms. The van der Waals surface area contributed by atoms with Crippen LogP contribution in [0.1, 0.15) is 120 Å². The van der Waals surface area contributed by atoms with Crippen LogP contribution in [0, 0.1) is 0 Å². The Labute approximate surface area is 451 Å². The molecule has 2 heterocycles. The first-order valence-electron chi connectivity index (χ1n) is 26.7.